The largest absolute Gasteiger partial charge is 0.480 e. The number of hydrogen-bond donors (Lipinski definition) is 2. The molecule has 0 aliphatic carbocycles. The van der Waals surface area contributed by atoms with Crippen molar-refractivity contribution in [1.82, 2.24) is 10.2 Å². The maximum absolute atomic E-state index is 12.0. The van der Waals surface area contributed by atoms with Crippen LogP contribution >= 0.6 is 23.2 Å². The van der Waals surface area contributed by atoms with Crippen LogP contribution in [0.15, 0.2) is 18.2 Å². The zero-order chi connectivity index (χ0) is 15.4. The van der Waals surface area contributed by atoms with Gasteiger partial charge in [0.1, 0.15) is 6.04 Å². The highest BCUT2D eigenvalue weighted by molar-refractivity contribution is 6.35. The number of nitrogens with zero attached hydrogens (tertiary/aromatic N) is 1. The lowest BCUT2D eigenvalue weighted by molar-refractivity contribution is -0.141. The Morgan fingerprint density at radius 2 is 2.14 bits per heavy atom. The quantitative estimate of drug-likeness (QED) is 0.891. The van der Waals surface area contributed by atoms with Crippen molar-refractivity contribution >= 4 is 35.2 Å². The van der Waals surface area contributed by atoms with Gasteiger partial charge in [0.15, 0.2) is 0 Å². The summed E-state index contributed by atoms with van der Waals surface area (Å²) in [5, 5.41) is 12.9. The molecule has 0 bridgehead atoms. The molecule has 1 atom stereocenters. The zero-order valence-corrected chi connectivity index (χ0v) is 12.8. The number of hydrogen-bond acceptors (Lipinski definition) is 2. The standard InChI is InChI=1S/C14H16Cl2N2O3/c15-10-4-3-9(11(16)8-10)5-6-17-14(21)18-7-1-2-12(18)13(19)20/h3-4,8,12H,1-2,5-7H2,(H,17,21)(H,19,20)/t12-/m0/s1. The summed E-state index contributed by atoms with van der Waals surface area (Å²) in [4.78, 5) is 24.4. The summed E-state index contributed by atoms with van der Waals surface area (Å²) in [5.74, 6) is -0.955. The fourth-order valence-corrected chi connectivity index (χ4v) is 2.90. The Bertz CT molecular complexity index is 551. The van der Waals surface area contributed by atoms with Gasteiger partial charge in [0.05, 0.1) is 0 Å². The predicted molar refractivity (Wildman–Crippen MR) is 80.9 cm³/mol. The molecule has 0 unspecified atom stereocenters. The molecule has 1 aromatic carbocycles. The van der Waals surface area contributed by atoms with E-state index in [-0.39, 0.29) is 6.03 Å². The first kappa shape index (κ1) is 15.9. The molecule has 1 heterocycles. The Morgan fingerprint density at radius 3 is 2.81 bits per heavy atom. The molecule has 21 heavy (non-hydrogen) atoms. The molecule has 1 fully saturated rings. The number of carbonyl (C=O) groups is 2. The van der Waals surface area contributed by atoms with Crippen molar-refractivity contribution in [3.8, 4) is 0 Å². The molecule has 2 rings (SSSR count). The molecule has 1 aliphatic heterocycles. The summed E-state index contributed by atoms with van der Waals surface area (Å²) in [6.45, 7) is 0.869. The van der Waals surface area contributed by atoms with E-state index in [1.807, 2.05) is 6.07 Å². The lowest BCUT2D eigenvalue weighted by atomic mass is 10.1. The molecule has 1 aromatic rings. The Morgan fingerprint density at radius 1 is 1.38 bits per heavy atom. The fourth-order valence-electron chi connectivity index (χ4n) is 2.40. The van der Waals surface area contributed by atoms with Crippen LogP contribution in [0.2, 0.25) is 10.0 Å². The van der Waals surface area contributed by atoms with E-state index < -0.39 is 12.0 Å². The molecule has 5 nitrogen and oxygen atoms in total. The lowest BCUT2D eigenvalue weighted by Crippen LogP contribution is -2.46. The Kier molecular flexibility index (Phi) is 5.31. The van der Waals surface area contributed by atoms with Crippen molar-refractivity contribution in [2.24, 2.45) is 0 Å². The summed E-state index contributed by atoms with van der Waals surface area (Å²) in [6, 6.07) is 4.15. The van der Waals surface area contributed by atoms with Gasteiger partial charge >= 0.3 is 12.0 Å². The van der Waals surface area contributed by atoms with Crippen molar-refractivity contribution in [1.29, 1.82) is 0 Å². The van der Waals surface area contributed by atoms with Crippen LogP contribution in [-0.2, 0) is 11.2 Å². The average molecular weight is 331 g/mol. The van der Waals surface area contributed by atoms with Gasteiger partial charge in [-0.25, -0.2) is 9.59 Å². The van der Waals surface area contributed by atoms with Crippen molar-refractivity contribution in [3.63, 3.8) is 0 Å². The number of carboxylic acid groups (broad SMARTS) is 1. The van der Waals surface area contributed by atoms with Gasteiger partial charge in [0.25, 0.3) is 0 Å². The SMILES string of the molecule is O=C(O)[C@@H]1CCCN1C(=O)NCCc1ccc(Cl)cc1Cl. The van der Waals surface area contributed by atoms with Crippen LogP contribution in [0.4, 0.5) is 4.79 Å². The molecule has 0 spiro atoms. The van der Waals surface area contributed by atoms with Crippen LogP contribution in [0.25, 0.3) is 0 Å². The Labute approximate surface area is 132 Å². The molecule has 0 aromatic heterocycles. The topological polar surface area (TPSA) is 69.6 Å². The highest BCUT2D eigenvalue weighted by Crippen LogP contribution is 2.21. The van der Waals surface area contributed by atoms with E-state index >= 15 is 0 Å². The van der Waals surface area contributed by atoms with Crippen molar-refractivity contribution in [2.45, 2.75) is 25.3 Å². The molecule has 0 radical (unpaired) electrons. The van der Waals surface area contributed by atoms with Crippen LogP contribution in [-0.4, -0.2) is 41.1 Å². The normalized spacial score (nSPS) is 17.8. The maximum atomic E-state index is 12.0. The second kappa shape index (κ2) is 7.00. The lowest BCUT2D eigenvalue weighted by Gasteiger charge is -2.21. The van der Waals surface area contributed by atoms with Gasteiger partial charge in [-0.05, 0) is 37.0 Å². The van der Waals surface area contributed by atoms with Crippen molar-refractivity contribution in [3.05, 3.63) is 33.8 Å². The first-order valence-electron chi connectivity index (χ1n) is 6.70. The molecule has 114 valence electrons. The third-order valence-corrected chi connectivity index (χ3v) is 4.07. The highest BCUT2D eigenvalue weighted by Gasteiger charge is 2.33. The zero-order valence-electron chi connectivity index (χ0n) is 11.3. The summed E-state index contributed by atoms with van der Waals surface area (Å²) < 4.78 is 0. The van der Waals surface area contributed by atoms with Gasteiger partial charge < -0.3 is 15.3 Å². The second-order valence-corrected chi connectivity index (χ2v) is 5.75. The van der Waals surface area contributed by atoms with E-state index in [1.54, 1.807) is 12.1 Å². The Hall–Kier alpha value is -1.46. The van der Waals surface area contributed by atoms with Crippen LogP contribution in [0.1, 0.15) is 18.4 Å². The van der Waals surface area contributed by atoms with Gasteiger partial charge in [-0.15, -0.1) is 0 Å². The molecule has 7 heteroatoms. The van der Waals surface area contributed by atoms with Crippen LogP contribution in [0, 0.1) is 0 Å². The molecular formula is C14H16Cl2N2O3. The number of carbonyl (C=O) groups excluding carboxylic acids is 1. The monoisotopic (exact) mass is 330 g/mol. The molecule has 0 saturated carbocycles. The number of amides is 2. The average Bonchev–Trinajstić information content (AvgIpc) is 2.90. The molecule has 1 saturated heterocycles. The van der Waals surface area contributed by atoms with Gasteiger partial charge in [-0.3, -0.25) is 0 Å². The van der Waals surface area contributed by atoms with Crippen molar-refractivity contribution in [2.75, 3.05) is 13.1 Å². The third kappa shape index (κ3) is 4.02. The summed E-state index contributed by atoms with van der Waals surface area (Å²) >= 11 is 11.9. The molecule has 1 aliphatic rings. The number of rotatable bonds is 4. The van der Waals surface area contributed by atoms with Crippen LogP contribution < -0.4 is 5.32 Å². The van der Waals surface area contributed by atoms with Gasteiger partial charge in [-0.1, -0.05) is 29.3 Å². The second-order valence-electron chi connectivity index (χ2n) is 4.91. The Balaban J connectivity index is 1.85. The first-order valence-corrected chi connectivity index (χ1v) is 7.46. The number of carboxylic acids is 1. The third-order valence-electron chi connectivity index (χ3n) is 3.48. The molecule has 2 amide bonds. The van der Waals surface area contributed by atoms with Gasteiger partial charge in [0.2, 0.25) is 0 Å². The minimum absolute atomic E-state index is 0.343. The fraction of sp³-hybridized carbons (Fsp3) is 0.429. The van der Waals surface area contributed by atoms with E-state index in [0.717, 1.165) is 5.56 Å². The smallest absolute Gasteiger partial charge is 0.326 e. The van der Waals surface area contributed by atoms with E-state index in [1.165, 1.54) is 4.90 Å². The minimum Gasteiger partial charge on any atom is -0.480 e. The van der Waals surface area contributed by atoms with E-state index in [2.05, 4.69) is 5.32 Å². The number of urea groups is 1. The number of halogens is 2. The van der Waals surface area contributed by atoms with E-state index in [0.29, 0.717) is 42.4 Å². The number of benzene rings is 1. The highest BCUT2D eigenvalue weighted by atomic mass is 35.5. The predicted octanol–water partition coefficient (Wildman–Crippen LogP) is 2.79. The summed E-state index contributed by atoms with van der Waals surface area (Å²) in [5.41, 5.74) is 0.887. The maximum Gasteiger partial charge on any atom is 0.326 e. The van der Waals surface area contributed by atoms with Gasteiger partial charge in [0, 0.05) is 23.1 Å². The van der Waals surface area contributed by atoms with E-state index in [4.69, 9.17) is 28.3 Å². The summed E-state index contributed by atoms with van der Waals surface area (Å²) in [6.07, 6.45) is 1.78. The van der Waals surface area contributed by atoms with Crippen LogP contribution in [0.3, 0.4) is 0 Å². The van der Waals surface area contributed by atoms with Gasteiger partial charge in [-0.2, -0.15) is 0 Å². The summed E-state index contributed by atoms with van der Waals surface area (Å²) in [7, 11) is 0. The number of aliphatic carboxylic acids is 1. The minimum atomic E-state index is -0.955. The first-order chi connectivity index (χ1) is 9.99. The molecular weight excluding hydrogens is 315 g/mol. The number of nitrogens with one attached hydrogen (secondary N) is 1. The van der Waals surface area contributed by atoms with E-state index in [9.17, 15) is 9.59 Å². The van der Waals surface area contributed by atoms with Crippen molar-refractivity contribution < 1.29 is 14.7 Å². The molecule has 2 N–H and O–H groups in total. The number of likely N-dealkylation sites (tertiary alicyclic amines) is 1. The van der Waals surface area contributed by atoms with Crippen LogP contribution in [0.5, 0.6) is 0 Å².